The van der Waals surface area contributed by atoms with Crippen LogP contribution in [-0.2, 0) is 6.42 Å². The highest BCUT2D eigenvalue weighted by molar-refractivity contribution is 5.44. The van der Waals surface area contributed by atoms with Crippen molar-refractivity contribution in [3.8, 4) is 0 Å². The molecule has 0 amide bonds. The van der Waals surface area contributed by atoms with Gasteiger partial charge in [-0.25, -0.2) is 0 Å². The third-order valence-corrected chi connectivity index (χ3v) is 3.33. The van der Waals surface area contributed by atoms with Gasteiger partial charge < -0.3 is 10.6 Å². The van der Waals surface area contributed by atoms with Gasteiger partial charge in [0.05, 0.1) is 0 Å². The van der Waals surface area contributed by atoms with Gasteiger partial charge in [-0.15, -0.1) is 0 Å². The molecule has 1 fully saturated rings. The first kappa shape index (κ1) is 12.4. The topological polar surface area (TPSA) is 27.3 Å². The molecule has 1 aromatic rings. The molecule has 0 unspecified atom stereocenters. The van der Waals surface area contributed by atoms with E-state index in [0.29, 0.717) is 0 Å². The van der Waals surface area contributed by atoms with E-state index < -0.39 is 0 Å². The van der Waals surface area contributed by atoms with Gasteiger partial charge in [-0.2, -0.15) is 0 Å². The van der Waals surface area contributed by atoms with E-state index >= 15 is 0 Å². The molecule has 0 bridgehead atoms. The average molecular weight is 233 g/mol. The molecule has 1 heterocycles. The summed E-state index contributed by atoms with van der Waals surface area (Å²) < 4.78 is 0. The van der Waals surface area contributed by atoms with Crippen LogP contribution in [0.1, 0.15) is 12.5 Å². The largest absolute Gasteiger partial charge is 0.384 e. The van der Waals surface area contributed by atoms with Gasteiger partial charge in [-0.3, -0.25) is 4.90 Å². The molecular formula is C14H23N3. The van der Waals surface area contributed by atoms with Crippen LogP contribution in [0, 0.1) is 0 Å². The maximum absolute atomic E-state index is 3.48. The second kappa shape index (κ2) is 6.62. The van der Waals surface area contributed by atoms with Gasteiger partial charge in [0.2, 0.25) is 0 Å². The molecule has 0 atom stereocenters. The summed E-state index contributed by atoms with van der Waals surface area (Å²) in [6.07, 6.45) is 1.11. The molecule has 3 heteroatoms. The Bertz CT molecular complexity index is 315. The summed E-state index contributed by atoms with van der Waals surface area (Å²) in [5.74, 6) is 0. The number of hydrogen-bond donors (Lipinski definition) is 2. The molecule has 1 aliphatic rings. The van der Waals surface area contributed by atoms with E-state index in [1.54, 1.807) is 0 Å². The van der Waals surface area contributed by atoms with E-state index in [9.17, 15) is 0 Å². The highest BCUT2D eigenvalue weighted by Crippen LogP contribution is 2.09. The van der Waals surface area contributed by atoms with E-state index in [1.807, 2.05) is 0 Å². The van der Waals surface area contributed by atoms with Crippen molar-refractivity contribution in [2.75, 3.05) is 44.6 Å². The second-order valence-electron chi connectivity index (χ2n) is 4.57. The first-order valence-corrected chi connectivity index (χ1v) is 6.64. The summed E-state index contributed by atoms with van der Waals surface area (Å²) in [7, 11) is 0. The standard InChI is InChI=1S/C14H23N3/c1-2-13-3-5-14(6-4-13)16-9-12-17-10-7-15-8-11-17/h3-6,15-16H,2,7-12H2,1H3. The van der Waals surface area contributed by atoms with Crippen molar-refractivity contribution in [2.45, 2.75) is 13.3 Å². The molecule has 94 valence electrons. The van der Waals surface area contributed by atoms with Crippen LogP contribution < -0.4 is 10.6 Å². The number of benzene rings is 1. The molecule has 0 spiro atoms. The molecule has 1 aliphatic heterocycles. The predicted molar refractivity (Wildman–Crippen MR) is 73.6 cm³/mol. The number of piperazine rings is 1. The highest BCUT2D eigenvalue weighted by atomic mass is 15.2. The van der Waals surface area contributed by atoms with Crippen molar-refractivity contribution < 1.29 is 0 Å². The Balaban J connectivity index is 1.69. The molecule has 17 heavy (non-hydrogen) atoms. The lowest BCUT2D eigenvalue weighted by Gasteiger charge is -2.27. The zero-order valence-electron chi connectivity index (χ0n) is 10.7. The van der Waals surface area contributed by atoms with Crippen LogP contribution in [0.15, 0.2) is 24.3 Å². The Hall–Kier alpha value is -1.06. The van der Waals surface area contributed by atoms with Gasteiger partial charge in [-0.1, -0.05) is 19.1 Å². The molecule has 0 radical (unpaired) electrons. The average Bonchev–Trinajstić information content (AvgIpc) is 2.41. The van der Waals surface area contributed by atoms with Crippen LogP contribution in [0.3, 0.4) is 0 Å². The van der Waals surface area contributed by atoms with Gasteiger partial charge in [0.1, 0.15) is 0 Å². The monoisotopic (exact) mass is 233 g/mol. The van der Waals surface area contributed by atoms with Gasteiger partial charge in [0.15, 0.2) is 0 Å². The first-order valence-electron chi connectivity index (χ1n) is 6.64. The molecule has 0 saturated carbocycles. The van der Waals surface area contributed by atoms with Crippen LogP contribution >= 0.6 is 0 Å². The summed E-state index contributed by atoms with van der Waals surface area (Å²) >= 11 is 0. The minimum Gasteiger partial charge on any atom is -0.384 e. The van der Waals surface area contributed by atoms with E-state index in [0.717, 1.165) is 32.6 Å². The van der Waals surface area contributed by atoms with Gasteiger partial charge in [0.25, 0.3) is 0 Å². The summed E-state index contributed by atoms with van der Waals surface area (Å²) in [6, 6.07) is 8.76. The van der Waals surface area contributed by atoms with E-state index in [2.05, 4.69) is 46.7 Å². The van der Waals surface area contributed by atoms with Crippen LogP contribution in [0.25, 0.3) is 0 Å². The summed E-state index contributed by atoms with van der Waals surface area (Å²) in [5.41, 5.74) is 2.63. The fourth-order valence-corrected chi connectivity index (χ4v) is 2.15. The Kier molecular flexibility index (Phi) is 4.83. The summed E-state index contributed by atoms with van der Waals surface area (Å²) in [6.45, 7) is 8.97. The van der Waals surface area contributed by atoms with Gasteiger partial charge in [-0.05, 0) is 24.1 Å². The molecule has 1 saturated heterocycles. The lowest BCUT2D eigenvalue weighted by molar-refractivity contribution is 0.249. The maximum Gasteiger partial charge on any atom is 0.0340 e. The third kappa shape index (κ3) is 4.02. The SMILES string of the molecule is CCc1ccc(NCCN2CCNCC2)cc1. The van der Waals surface area contributed by atoms with Gasteiger partial charge in [0, 0.05) is 45.0 Å². The molecule has 3 nitrogen and oxygen atoms in total. The van der Waals surface area contributed by atoms with Crippen molar-refractivity contribution in [3.05, 3.63) is 29.8 Å². The smallest absolute Gasteiger partial charge is 0.0340 e. The normalized spacial score (nSPS) is 17.0. The van der Waals surface area contributed by atoms with Crippen molar-refractivity contribution in [2.24, 2.45) is 0 Å². The number of nitrogens with zero attached hydrogens (tertiary/aromatic N) is 1. The quantitative estimate of drug-likeness (QED) is 0.808. The first-order chi connectivity index (χ1) is 8.38. The lowest BCUT2D eigenvalue weighted by Crippen LogP contribution is -2.45. The lowest BCUT2D eigenvalue weighted by atomic mass is 10.1. The number of hydrogen-bond acceptors (Lipinski definition) is 3. The number of aryl methyl sites for hydroxylation is 1. The van der Waals surface area contributed by atoms with Crippen molar-refractivity contribution in [1.29, 1.82) is 0 Å². The van der Waals surface area contributed by atoms with E-state index in [1.165, 1.54) is 24.3 Å². The Morgan fingerprint density at radius 2 is 1.88 bits per heavy atom. The minimum atomic E-state index is 1.03. The fourth-order valence-electron chi connectivity index (χ4n) is 2.15. The third-order valence-electron chi connectivity index (χ3n) is 3.33. The van der Waals surface area contributed by atoms with Crippen molar-refractivity contribution >= 4 is 5.69 Å². The predicted octanol–water partition coefficient (Wildman–Crippen LogP) is 1.57. The van der Waals surface area contributed by atoms with Crippen molar-refractivity contribution in [3.63, 3.8) is 0 Å². The zero-order chi connectivity index (χ0) is 11.9. The number of rotatable bonds is 5. The molecule has 2 N–H and O–H groups in total. The van der Waals surface area contributed by atoms with Crippen molar-refractivity contribution in [1.82, 2.24) is 10.2 Å². The Labute approximate surface area is 104 Å². The van der Waals surface area contributed by atoms with Crippen LogP contribution in [0.5, 0.6) is 0 Å². The molecule has 0 aromatic heterocycles. The highest BCUT2D eigenvalue weighted by Gasteiger charge is 2.07. The summed E-state index contributed by atoms with van der Waals surface area (Å²) in [4.78, 5) is 2.50. The molecule has 0 aliphatic carbocycles. The maximum atomic E-state index is 3.48. The fraction of sp³-hybridized carbons (Fsp3) is 0.571. The van der Waals surface area contributed by atoms with E-state index in [-0.39, 0.29) is 0 Å². The van der Waals surface area contributed by atoms with Crippen LogP contribution in [-0.4, -0.2) is 44.2 Å². The number of nitrogens with one attached hydrogen (secondary N) is 2. The minimum absolute atomic E-state index is 1.03. The Morgan fingerprint density at radius 1 is 1.18 bits per heavy atom. The summed E-state index contributed by atoms with van der Waals surface area (Å²) in [5, 5.41) is 6.85. The molecule has 1 aromatic carbocycles. The second-order valence-corrected chi connectivity index (χ2v) is 4.57. The van der Waals surface area contributed by atoms with E-state index in [4.69, 9.17) is 0 Å². The van der Waals surface area contributed by atoms with Crippen LogP contribution in [0.4, 0.5) is 5.69 Å². The Morgan fingerprint density at radius 3 is 2.53 bits per heavy atom. The molecule has 2 rings (SSSR count). The van der Waals surface area contributed by atoms with Gasteiger partial charge >= 0.3 is 0 Å². The molecular weight excluding hydrogens is 210 g/mol. The van der Waals surface area contributed by atoms with Crippen LogP contribution in [0.2, 0.25) is 0 Å². The zero-order valence-corrected chi connectivity index (χ0v) is 10.7. The number of anilines is 1.